The number of allylic oxidation sites excluding steroid dienone is 1. The number of nitrogens with one attached hydrogen (secondary N) is 1. The molecule has 3 aromatic carbocycles. The first kappa shape index (κ1) is 24.3. The van der Waals surface area contributed by atoms with Gasteiger partial charge in [-0.3, -0.25) is 4.79 Å². The van der Waals surface area contributed by atoms with Gasteiger partial charge in [0.1, 0.15) is 11.7 Å². The third-order valence-electron chi connectivity index (χ3n) is 5.78. The highest BCUT2D eigenvalue weighted by molar-refractivity contribution is 8.13. The SMILES string of the molecule is CCOc1ccccc1[C@H]1C(C(=O)Nc2ccccc2)=C(C)N=C(SCc2ccccc2)C1C#N. The Morgan fingerprint density at radius 2 is 1.69 bits per heavy atom. The van der Waals surface area contributed by atoms with Crippen molar-refractivity contribution < 1.29 is 9.53 Å². The summed E-state index contributed by atoms with van der Waals surface area (Å²) in [7, 11) is 0. The zero-order valence-electron chi connectivity index (χ0n) is 19.8. The Kier molecular flexibility index (Phi) is 8.02. The number of rotatable bonds is 7. The summed E-state index contributed by atoms with van der Waals surface area (Å²) in [4.78, 5) is 18.4. The molecule has 0 bridgehead atoms. The molecule has 1 N–H and O–H groups in total. The molecule has 5 nitrogen and oxygen atoms in total. The van der Waals surface area contributed by atoms with Crippen molar-refractivity contribution in [3.8, 4) is 11.8 Å². The summed E-state index contributed by atoms with van der Waals surface area (Å²) < 4.78 is 5.92. The Morgan fingerprint density at radius 3 is 2.37 bits per heavy atom. The number of nitrogens with zero attached hydrogens (tertiary/aromatic N) is 2. The van der Waals surface area contributed by atoms with E-state index in [2.05, 4.69) is 23.5 Å². The molecular weight excluding hydrogens is 454 g/mol. The standard InChI is InChI=1S/C29H27N3O2S/c1-3-34-25-17-11-10-16-23(25)27-24(18-30)29(35-19-21-12-6-4-7-13-21)31-20(2)26(27)28(33)32-22-14-8-5-9-15-22/h4-17,24,27H,3,19H2,1-2H3,(H,32,33)/t24?,27-/m1/s1. The maximum absolute atomic E-state index is 13.6. The molecule has 1 aliphatic rings. The maximum Gasteiger partial charge on any atom is 0.254 e. The van der Waals surface area contributed by atoms with E-state index < -0.39 is 11.8 Å². The van der Waals surface area contributed by atoms with Crippen LogP contribution in [-0.4, -0.2) is 17.6 Å². The molecule has 0 aromatic heterocycles. The van der Waals surface area contributed by atoms with Crippen molar-refractivity contribution in [1.29, 1.82) is 5.26 Å². The van der Waals surface area contributed by atoms with Gasteiger partial charge < -0.3 is 10.1 Å². The van der Waals surface area contributed by atoms with Crippen LogP contribution >= 0.6 is 11.8 Å². The molecule has 1 aliphatic heterocycles. The first-order chi connectivity index (χ1) is 17.1. The molecule has 3 aromatic rings. The zero-order valence-corrected chi connectivity index (χ0v) is 20.6. The summed E-state index contributed by atoms with van der Waals surface area (Å²) in [6, 6.07) is 29.5. The number of thioether (sulfide) groups is 1. The number of nitriles is 1. The average Bonchev–Trinajstić information content (AvgIpc) is 2.88. The van der Waals surface area contributed by atoms with E-state index in [0.29, 0.717) is 40.1 Å². The predicted molar refractivity (Wildman–Crippen MR) is 142 cm³/mol. The van der Waals surface area contributed by atoms with Crippen LogP contribution in [0.3, 0.4) is 0 Å². The molecule has 1 unspecified atom stereocenters. The lowest BCUT2D eigenvalue weighted by atomic mass is 9.78. The van der Waals surface area contributed by atoms with Gasteiger partial charge in [-0.15, -0.1) is 11.8 Å². The van der Waals surface area contributed by atoms with Crippen molar-refractivity contribution in [3.05, 3.63) is 107 Å². The van der Waals surface area contributed by atoms with Gasteiger partial charge in [0, 0.05) is 34.2 Å². The largest absolute Gasteiger partial charge is 0.494 e. The lowest BCUT2D eigenvalue weighted by Crippen LogP contribution is -2.31. The minimum absolute atomic E-state index is 0.263. The minimum atomic E-state index is -0.620. The number of benzene rings is 3. The summed E-state index contributed by atoms with van der Waals surface area (Å²) in [6.07, 6.45) is 0. The summed E-state index contributed by atoms with van der Waals surface area (Å²) in [5.41, 5.74) is 3.74. The van der Waals surface area contributed by atoms with Gasteiger partial charge in [-0.25, -0.2) is 4.99 Å². The summed E-state index contributed by atoms with van der Waals surface area (Å²) in [5, 5.41) is 14.0. The maximum atomic E-state index is 13.6. The Hall–Kier alpha value is -3.82. The molecule has 1 heterocycles. The second-order valence-electron chi connectivity index (χ2n) is 8.10. The molecule has 35 heavy (non-hydrogen) atoms. The number of carbonyl (C=O) groups excluding carboxylic acids is 1. The highest BCUT2D eigenvalue weighted by atomic mass is 32.2. The summed E-state index contributed by atoms with van der Waals surface area (Å²) in [5.74, 6) is -0.0301. The van der Waals surface area contributed by atoms with Crippen LogP contribution in [0.25, 0.3) is 0 Å². The number of ether oxygens (including phenoxy) is 1. The fourth-order valence-corrected chi connectivity index (χ4v) is 5.27. The lowest BCUT2D eigenvalue weighted by Gasteiger charge is -2.31. The molecule has 6 heteroatoms. The van der Waals surface area contributed by atoms with Gasteiger partial charge in [-0.1, -0.05) is 66.7 Å². The summed E-state index contributed by atoms with van der Waals surface area (Å²) >= 11 is 1.54. The van der Waals surface area contributed by atoms with Crippen LogP contribution in [-0.2, 0) is 10.5 Å². The van der Waals surface area contributed by atoms with Crippen molar-refractivity contribution in [3.63, 3.8) is 0 Å². The van der Waals surface area contributed by atoms with E-state index in [-0.39, 0.29) is 5.91 Å². The van der Waals surface area contributed by atoms with E-state index in [4.69, 9.17) is 9.73 Å². The molecule has 0 aliphatic carbocycles. The minimum Gasteiger partial charge on any atom is -0.494 e. The van der Waals surface area contributed by atoms with Crippen molar-refractivity contribution in [2.75, 3.05) is 11.9 Å². The molecule has 0 fully saturated rings. The third kappa shape index (κ3) is 5.64. The molecule has 0 radical (unpaired) electrons. The molecule has 0 spiro atoms. The number of anilines is 1. The Balaban J connectivity index is 1.77. The Morgan fingerprint density at radius 1 is 1.03 bits per heavy atom. The van der Waals surface area contributed by atoms with Crippen LogP contribution in [0.1, 0.15) is 30.9 Å². The van der Waals surface area contributed by atoms with Crippen molar-refractivity contribution >= 4 is 28.4 Å². The highest BCUT2D eigenvalue weighted by Gasteiger charge is 2.40. The van der Waals surface area contributed by atoms with Crippen LogP contribution in [0.4, 0.5) is 5.69 Å². The predicted octanol–water partition coefficient (Wildman–Crippen LogP) is 6.57. The summed E-state index contributed by atoms with van der Waals surface area (Å²) in [6.45, 7) is 4.25. The Bertz CT molecular complexity index is 1280. The van der Waals surface area contributed by atoms with Gasteiger partial charge in [0.2, 0.25) is 0 Å². The van der Waals surface area contributed by atoms with E-state index in [1.165, 1.54) is 0 Å². The smallest absolute Gasteiger partial charge is 0.254 e. The van der Waals surface area contributed by atoms with Crippen LogP contribution < -0.4 is 10.1 Å². The number of aliphatic imine (C=N–C) groups is 1. The molecule has 2 atom stereocenters. The molecule has 0 saturated carbocycles. The van der Waals surface area contributed by atoms with Crippen LogP contribution in [0.2, 0.25) is 0 Å². The average molecular weight is 482 g/mol. The zero-order chi connectivity index (χ0) is 24.6. The van der Waals surface area contributed by atoms with Gasteiger partial charge in [0.25, 0.3) is 5.91 Å². The normalized spacial score (nSPS) is 17.3. The van der Waals surface area contributed by atoms with Crippen molar-refractivity contribution in [2.24, 2.45) is 10.9 Å². The number of hydrogen-bond donors (Lipinski definition) is 1. The second-order valence-corrected chi connectivity index (χ2v) is 9.09. The first-order valence-electron chi connectivity index (χ1n) is 11.6. The van der Waals surface area contributed by atoms with Gasteiger partial charge in [0.15, 0.2) is 0 Å². The number of para-hydroxylation sites is 2. The topological polar surface area (TPSA) is 74.5 Å². The van der Waals surface area contributed by atoms with Gasteiger partial charge in [-0.2, -0.15) is 5.26 Å². The number of hydrogen-bond acceptors (Lipinski definition) is 5. The van der Waals surface area contributed by atoms with E-state index in [1.54, 1.807) is 11.8 Å². The third-order valence-corrected chi connectivity index (χ3v) is 6.90. The lowest BCUT2D eigenvalue weighted by molar-refractivity contribution is -0.113. The van der Waals surface area contributed by atoms with Crippen molar-refractivity contribution in [2.45, 2.75) is 25.5 Å². The first-order valence-corrected chi connectivity index (χ1v) is 12.5. The van der Waals surface area contributed by atoms with E-state index in [1.807, 2.05) is 86.6 Å². The molecule has 176 valence electrons. The van der Waals surface area contributed by atoms with Gasteiger partial charge >= 0.3 is 0 Å². The van der Waals surface area contributed by atoms with Crippen molar-refractivity contribution in [1.82, 2.24) is 0 Å². The van der Waals surface area contributed by atoms with Crippen LogP contribution in [0.15, 0.2) is 101 Å². The molecule has 4 rings (SSSR count). The quantitative estimate of drug-likeness (QED) is 0.414. The van der Waals surface area contributed by atoms with E-state index in [0.717, 1.165) is 11.1 Å². The van der Waals surface area contributed by atoms with Gasteiger partial charge in [-0.05, 0) is 37.6 Å². The highest BCUT2D eigenvalue weighted by Crippen LogP contribution is 2.44. The second kappa shape index (κ2) is 11.5. The van der Waals surface area contributed by atoms with E-state index in [9.17, 15) is 10.1 Å². The van der Waals surface area contributed by atoms with Crippen LogP contribution in [0.5, 0.6) is 5.75 Å². The number of carbonyl (C=O) groups is 1. The fourth-order valence-electron chi connectivity index (χ4n) is 4.20. The molecular formula is C29H27N3O2S. The molecule has 0 saturated heterocycles. The monoisotopic (exact) mass is 481 g/mol. The Labute approximate surface area is 210 Å². The fraction of sp³-hybridized carbons (Fsp3) is 0.207. The molecule has 1 amide bonds. The van der Waals surface area contributed by atoms with Gasteiger partial charge in [0.05, 0.1) is 17.7 Å². The van der Waals surface area contributed by atoms with E-state index >= 15 is 0 Å². The van der Waals surface area contributed by atoms with Crippen LogP contribution in [0, 0.1) is 17.2 Å². The number of amides is 1.